The molecule has 34 heavy (non-hydrogen) atoms. The molecule has 0 unspecified atom stereocenters. The Bertz CT molecular complexity index is 1730. The van der Waals surface area contributed by atoms with E-state index in [1.807, 2.05) is 48.5 Å². The zero-order valence-corrected chi connectivity index (χ0v) is 18.5. The standard InChI is InChI=1S/C28H21N5O/c1-16-12-13-23-21(14-16)25(19-8-2-3-10-22(19)31-23)30-18-7-4-6-17(15-18)28-32-24-11-5-9-20(27(29)34)26(24)33-28/h2-15H,1H3,(H2,29,34)(H,30,31)(H,32,33). The van der Waals surface area contributed by atoms with Crippen LogP contribution in [-0.2, 0) is 0 Å². The van der Waals surface area contributed by atoms with Gasteiger partial charge in [0.25, 0.3) is 5.91 Å². The average molecular weight is 444 g/mol. The van der Waals surface area contributed by atoms with E-state index < -0.39 is 5.91 Å². The highest BCUT2D eigenvalue weighted by molar-refractivity contribution is 6.09. The van der Waals surface area contributed by atoms with Crippen LogP contribution in [0.15, 0.2) is 84.9 Å². The molecule has 0 bridgehead atoms. The SMILES string of the molecule is Cc1ccc2nc3ccccc3c(Nc3cccc(-c4nc5c(C(N)=O)cccc5[nH]4)c3)c2c1. The van der Waals surface area contributed by atoms with Gasteiger partial charge in [-0.15, -0.1) is 0 Å². The first-order valence-corrected chi connectivity index (χ1v) is 11.0. The van der Waals surface area contributed by atoms with Gasteiger partial charge in [0.15, 0.2) is 0 Å². The summed E-state index contributed by atoms with van der Waals surface area (Å²) >= 11 is 0. The number of hydrogen-bond donors (Lipinski definition) is 3. The van der Waals surface area contributed by atoms with Crippen molar-refractivity contribution < 1.29 is 4.79 Å². The number of amides is 1. The molecule has 0 spiro atoms. The fraction of sp³-hybridized carbons (Fsp3) is 0.0357. The lowest BCUT2D eigenvalue weighted by Crippen LogP contribution is -2.11. The molecule has 6 nitrogen and oxygen atoms in total. The number of H-pyrrole nitrogens is 1. The summed E-state index contributed by atoms with van der Waals surface area (Å²) in [5, 5.41) is 5.76. The number of primary amides is 1. The molecule has 6 rings (SSSR count). The van der Waals surface area contributed by atoms with E-state index in [1.54, 1.807) is 12.1 Å². The lowest BCUT2D eigenvalue weighted by molar-refractivity contribution is 0.100. The lowest BCUT2D eigenvalue weighted by atomic mass is 10.1. The fourth-order valence-corrected chi connectivity index (χ4v) is 4.40. The molecule has 0 aliphatic heterocycles. The molecule has 0 radical (unpaired) electrons. The molecule has 0 aliphatic rings. The van der Waals surface area contributed by atoms with Crippen LogP contribution in [0.4, 0.5) is 11.4 Å². The predicted octanol–water partition coefficient (Wildman–Crippen LogP) is 6.08. The van der Waals surface area contributed by atoms with Gasteiger partial charge in [0.1, 0.15) is 11.3 Å². The molecule has 0 saturated carbocycles. The number of imidazole rings is 1. The molecule has 4 N–H and O–H groups in total. The van der Waals surface area contributed by atoms with Gasteiger partial charge in [0.2, 0.25) is 0 Å². The first-order valence-electron chi connectivity index (χ1n) is 11.0. The molecule has 1 amide bonds. The fourth-order valence-electron chi connectivity index (χ4n) is 4.40. The Labute approximate surface area is 195 Å². The third kappa shape index (κ3) is 3.33. The summed E-state index contributed by atoms with van der Waals surface area (Å²) < 4.78 is 0. The maximum atomic E-state index is 11.8. The topological polar surface area (TPSA) is 96.7 Å². The number of anilines is 2. The summed E-state index contributed by atoms with van der Waals surface area (Å²) in [5.41, 5.74) is 13.2. The number of aryl methyl sites for hydroxylation is 1. The van der Waals surface area contributed by atoms with Crippen molar-refractivity contribution in [2.24, 2.45) is 5.73 Å². The largest absolute Gasteiger partial charge is 0.366 e. The van der Waals surface area contributed by atoms with Crippen LogP contribution in [0.1, 0.15) is 15.9 Å². The minimum Gasteiger partial charge on any atom is -0.366 e. The van der Waals surface area contributed by atoms with Crippen molar-refractivity contribution in [1.29, 1.82) is 0 Å². The molecule has 0 saturated heterocycles. The molecular formula is C28H21N5O. The Morgan fingerprint density at radius 3 is 2.56 bits per heavy atom. The Balaban J connectivity index is 1.47. The van der Waals surface area contributed by atoms with Gasteiger partial charge >= 0.3 is 0 Å². The van der Waals surface area contributed by atoms with E-state index in [-0.39, 0.29) is 0 Å². The third-order valence-corrected chi connectivity index (χ3v) is 6.02. The number of aromatic amines is 1. The van der Waals surface area contributed by atoms with Crippen LogP contribution in [0.5, 0.6) is 0 Å². The van der Waals surface area contributed by atoms with Crippen LogP contribution >= 0.6 is 0 Å². The minimum atomic E-state index is -0.495. The predicted molar refractivity (Wildman–Crippen MR) is 137 cm³/mol. The summed E-state index contributed by atoms with van der Waals surface area (Å²) in [6.45, 7) is 2.08. The van der Waals surface area contributed by atoms with Gasteiger partial charge < -0.3 is 16.0 Å². The van der Waals surface area contributed by atoms with Crippen molar-refractivity contribution in [3.8, 4) is 11.4 Å². The van der Waals surface area contributed by atoms with Gasteiger partial charge in [0, 0.05) is 22.0 Å². The second kappa shape index (κ2) is 7.71. The van der Waals surface area contributed by atoms with Crippen LogP contribution in [0.3, 0.4) is 0 Å². The van der Waals surface area contributed by atoms with Gasteiger partial charge in [-0.25, -0.2) is 9.97 Å². The van der Waals surface area contributed by atoms with Crippen molar-refractivity contribution in [3.05, 3.63) is 96.1 Å². The van der Waals surface area contributed by atoms with E-state index in [0.29, 0.717) is 16.9 Å². The van der Waals surface area contributed by atoms with Crippen molar-refractivity contribution in [3.63, 3.8) is 0 Å². The number of rotatable bonds is 4. The van der Waals surface area contributed by atoms with E-state index in [2.05, 4.69) is 46.5 Å². The Morgan fingerprint density at radius 2 is 1.68 bits per heavy atom. The van der Waals surface area contributed by atoms with E-state index >= 15 is 0 Å². The summed E-state index contributed by atoms with van der Waals surface area (Å²) in [6.07, 6.45) is 0. The van der Waals surface area contributed by atoms with Crippen LogP contribution in [0, 0.1) is 6.92 Å². The van der Waals surface area contributed by atoms with Crippen molar-refractivity contribution in [2.75, 3.05) is 5.32 Å². The number of fused-ring (bicyclic) bond motifs is 3. The van der Waals surface area contributed by atoms with E-state index in [0.717, 1.165) is 44.3 Å². The average Bonchev–Trinajstić information content (AvgIpc) is 3.29. The highest BCUT2D eigenvalue weighted by Crippen LogP contribution is 2.34. The van der Waals surface area contributed by atoms with E-state index in [1.165, 1.54) is 5.56 Å². The number of para-hydroxylation sites is 2. The zero-order chi connectivity index (χ0) is 23.2. The lowest BCUT2D eigenvalue weighted by Gasteiger charge is -2.14. The number of nitrogens with zero attached hydrogens (tertiary/aromatic N) is 2. The van der Waals surface area contributed by atoms with Gasteiger partial charge in [-0.3, -0.25) is 4.79 Å². The molecule has 0 aliphatic carbocycles. The Kier molecular flexibility index (Phi) is 4.52. The van der Waals surface area contributed by atoms with Crippen LogP contribution in [-0.4, -0.2) is 20.9 Å². The van der Waals surface area contributed by atoms with Crippen molar-refractivity contribution >= 4 is 50.1 Å². The number of carbonyl (C=O) groups excluding carboxylic acids is 1. The number of carbonyl (C=O) groups is 1. The number of nitrogens with two attached hydrogens (primary N) is 1. The molecule has 164 valence electrons. The highest BCUT2D eigenvalue weighted by Gasteiger charge is 2.14. The smallest absolute Gasteiger partial charge is 0.250 e. The van der Waals surface area contributed by atoms with Gasteiger partial charge in [0.05, 0.1) is 27.8 Å². The first-order chi connectivity index (χ1) is 16.6. The molecular weight excluding hydrogens is 422 g/mol. The molecule has 0 atom stereocenters. The number of hydrogen-bond acceptors (Lipinski definition) is 4. The molecule has 6 heteroatoms. The maximum Gasteiger partial charge on any atom is 0.250 e. The van der Waals surface area contributed by atoms with Gasteiger partial charge in [-0.05, 0) is 49.4 Å². The Morgan fingerprint density at radius 1 is 0.853 bits per heavy atom. The van der Waals surface area contributed by atoms with E-state index in [9.17, 15) is 4.79 Å². The number of benzene rings is 4. The monoisotopic (exact) mass is 443 g/mol. The Hall–Kier alpha value is -4.71. The normalized spacial score (nSPS) is 11.3. The summed E-state index contributed by atoms with van der Waals surface area (Å²) in [7, 11) is 0. The number of pyridine rings is 1. The second-order valence-corrected chi connectivity index (χ2v) is 8.38. The minimum absolute atomic E-state index is 0.402. The molecule has 2 aromatic heterocycles. The first kappa shape index (κ1) is 19.9. The number of aromatic nitrogens is 3. The van der Waals surface area contributed by atoms with Crippen LogP contribution in [0.25, 0.3) is 44.2 Å². The molecule has 6 aromatic rings. The van der Waals surface area contributed by atoms with Gasteiger partial charge in [-0.2, -0.15) is 0 Å². The van der Waals surface area contributed by atoms with Crippen LogP contribution in [0.2, 0.25) is 0 Å². The third-order valence-electron chi connectivity index (χ3n) is 6.02. The summed E-state index contributed by atoms with van der Waals surface area (Å²) in [6, 6.07) is 27.8. The van der Waals surface area contributed by atoms with Crippen molar-refractivity contribution in [2.45, 2.75) is 6.92 Å². The maximum absolute atomic E-state index is 11.8. The quantitative estimate of drug-likeness (QED) is 0.288. The summed E-state index contributed by atoms with van der Waals surface area (Å²) in [5.74, 6) is 0.179. The van der Waals surface area contributed by atoms with Gasteiger partial charge in [-0.1, -0.05) is 48.0 Å². The highest BCUT2D eigenvalue weighted by atomic mass is 16.1. The number of nitrogens with one attached hydrogen (secondary N) is 2. The van der Waals surface area contributed by atoms with Crippen molar-refractivity contribution in [1.82, 2.24) is 15.0 Å². The molecule has 4 aromatic carbocycles. The van der Waals surface area contributed by atoms with E-state index in [4.69, 9.17) is 10.7 Å². The second-order valence-electron chi connectivity index (χ2n) is 8.38. The molecule has 0 fully saturated rings. The summed E-state index contributed by atoms with van der Waals surface area (Å²) in [4.78, 5) is 24.6. The van der Waals surface area contributed by atoms with Crippen LogP contribution < -0.4 is 11.1 Å². The molecule has 2 heterocycles. The zero-order valence-electron chi connectivity index (χ0n) is 18.5.